The standard InChI is InChI=1S/BH4P.Ni.W/c1-2;;/h1-2H2;;. The Labute approximate surface area is 54.2 Å². The van der Waals surface area contributed by atoms with Crippen LogP contribution in [0.15, 0.2) is 0 Å². The molecule has 0 spiro atoms. The normalized spacial score (nSPS) is 1.25. The minimum Gasteiger partial charge on any atom is -0.179 e. The van der Waals surface area contributed by atoms with Gasteiger partial charge in [0.2, 0.25) is 0 Å². The third-order valence-corrected chi connectivity index (χ3v) is 0. The predicted octanol–water partition coefficient (Wildman–Crippen LogP) is -0.595. The number of hydrogen-bond acceptors (Lipinski definition) is 0. The maximum atomic E-state index is 2.42. The summed E-state index contributed by atoms with van der Waals surface area (Å²) in [7, 11) is 4.33. The average molecular weight is 288 g/mol. The molecular weight excluding hydrogens is 284 g/mol. The van der Waals surface area contributed by atoms with Gasteiger partial charge in [-0.15, -0.1) is 0 Å². The van der Waals surface area contributed by atoms with Crippen molar-refractivity contribution in [3.63, 3.8) is 0 Å². The van der Waals surface area contributed by atoms with Gasteiger partial charge >= 0.3 is 0 Å². The summed E-state index contributed by atoms with van der Waals surface area (Å²) in [5.74, 6) is 0. The number of hydrogen-bond donors (Lipinski definition) is 0. The van der Waals surface area contributed by atoms with E-state index in [1.165, 1.54) is 0 Å². The first-order chi connectivity index (χ1) is 1.00. The maximum absolute atomic E-state index is 2.42. The molecule has 0 aliphatic rings. The monoisotopic (exact) mass is 288 g/mol. The summed E-state index contributed by atoms with van der Waals surface area (Å²) in [5, 5.41) is 0. The molecule has 0 fully saturated rings. The second-order valence-corrected chi connectivity index (χ2v) is 0. The molecule has 4 heteroatoms. The Balaban J connectivity index is -0.00000000500. The first-order valence-corrected chi connectivity index (χ1v) is 1.73. The van der Waals surface area contributed by atoms with E-state index in [9.17, 15) is 0 Å². The van der Waals surface area contributed by atoms with Gasteiger partial charge in [-0.05, 0) is 0 Å². The minimum absolute atomic E-state index is 0. The SMILES string of the molecule is BP.[Ni].[W]. The Hall–Kier alpha value is 1.68. The van der Waals surface area contributed by atoms with Gasteiger partial charge in [0.25, 0.3) is 0 Å². The van der Waals surface area contributed by atoms with Crippen LogP contribution in [-0.2, 0) is 37.6 Å². The van der Waals surface area contributed by atoms with Gasteiger partial charge < -0.3 is 0 Å². The van der Waals surface area contributed by atoms with Crippen molar-refractivity contribution in [2.24, 2.45) is 0 Å². The fraction of sp³-hybridized carbons (Fsp3) is 0. The van der Waals surface area contributed by atoms with E-state index in [0.29, 0.717) is 0 Å². The van der Waals surface area contributed by atoms with Gasteiger partial charge in [0.1, 0.15) is 7.57 Å². The molecule has 0 saturated heterocycles. The van der Waals surface area contributed by atoms with Crippen LogP contribution in [0.25, 0.3) is 0 Å². The molecule has 0 amide bonds. The minimum atomic E-state index is 0. The van der Waals surface area contributed by atoms with Crippen LogP contribution >= 0.6 is 9.12 Å². The zero-order valence-electron chi connectivity index (χ0n) is 2.30. The van der Waals surface area contributed by atoms with Gasteiger partial charge in [-0.2, -0.15) is 9.12 Å². The van der Waals surface area contributed by atoms with Crippen molar-refractivity contribution in [1.82, 2.24) is 0 Å². The predicted molar refractivity (Wildman–Crippen MR) is 18.3 cm³/mol. The quantitative estimate of drug-likeness (QED) is 0.413. The van der Waals surface area contributed by atoms with Crippen LogP contribution in [0.1, 0.15) is 0 Å². The fourth-order valence-corrected chi connectivity index (χ4v) is 0. The zero-order chi connectivity index (χ0) is 2.00. The van der Waals surface area contributed by atoms with Crippen LogP contribution in [0.4, 0.5) is 0 Å². The van der Waals surface area contributed by atoms with Crippen molar-refractivity contribution in [3.8, 4) is 0 Å². The Morgan fingerprint density at radius 2 is 1.25 bits per heavy atom. The summed E-state index contributed by atoms with van der Waals surface area (Å²) in [4.78, 5) is 0. The molecule has 4 heavy (non-hydrogen) atoms. The molecule has 0 aromatic rings. The smallest absolute Gasteiger partial charge is 0.126 e. The summed E-state index contributed by atoms with van der Waals surface area (Å²) in [5.41, 5.74) is 0. The van der Waals surface area contributed by atoms with E-state index in [1.54, 1.807) is 0 Å². The second kappa shape index (κ2) is 22.5. The van der Waals surface area contributed by atoms with E-state index in [4.69, 9.17) is 0 Å². The molecular formula is H4BNiPW. The summed E-state index contributed by atoms with van der Waals surface area (Å²) >= 11 is 0. The third-order valence-electron chi connectivity index (χ3n) is 0. The molecule has 0 aliphatic carbocycles. The van der Waals surface area contributed by atoms with Crippen molar-refractivity contribution >= 4 is 16.7 Å². The van der Waals surface area contributed by atoms with Crippen LogP contribution in [0.5, 0.6) is 0 Å². The molecule has 0 rings (SSSR count). The van der Waals surface area contributed by atoms with Gasteiger partial charge in [0.15, 0.2) is 0 Å². The van der Waals surface area contributed by atoms with Crippen molar-refractivity contribution in [1.29, 1.82) is 0 Å². The molecule has 1 unspecified atom stereocenters. The fourth-order valence-electron chi connectivity index (χ4n) is 0. The molecule has 1 atom stereocenters. The molecule has 0 radical (unpaired) electrons. The molecule has 0 saturated carbocycles. The van der Waals surface area contributed by atoms with Gasteiger partial charge in [-0.1, -0.05) is 0 Å². The van der Waals surface area contributed by atoms with Crippen LogP contribution in [0.3, 0.4) is 0 Å². The van der Waals surface area contributed by atoms with Crippen LogP contribution in [0, 0.1) is 0 Å². The third kappa shape index (κ3) is 9.37. The summed E-state index contributed by atoms with van der Waals surface area (Å²) in [6.45, 7) is 0. The summed E-state index contributed by atoms with van der Waals surface area (Å²) < 4.78 is 0. The van der Waals surface area contributed by atoms with E-state index in [0.717, 1.165) is 0 Å². The first kappa shape index (κ1) is 17.3. The van der Waals surface area contributed by atoms with Crippen LogP contribution in [0.2, 0.25) is 0 Å². The number of rotatable bonds is 0. The van der Waals surface area contributed by atoms with Gasteiger partial charge in [0, 0.05) is 37.6 Å². The van der Waals surface area contributed by atoms with Gasteiger partial charge in [0.05, 0.1) is 0 Å². The van der Waals surface area contributed by atoms with E-state index in [1.807, 2.05) is 7.57 Å². The van der Waals surface area contributed by atoms with Crippen molar-refractivity contribution in [3.05, 3.63) is 0 Å². The molecule has 0 nitrogen and oxygen atoms in total. The average Bonchev–Trinajstić information content (AvgIpc) is 1.00. The van der Waals surface area contributed by atoms with Crippen molar-refractivity contribution in [2.45, 2.75) is 0 Å². The van der Waals surface area contributed by atoms with E-state index >= 15 is 0 Å². The molecule has 0 aliphatic heterocycles. The van der Waals surface area contributed by atoms with E-state index < -0.39 is 0 Å². The van der Waals surface area contributed by atoms with Crippen LogP contribution < -0.4 is 0 Å². The topological polar surface area (TPSA) is 0 Å². The summed E-state index contributed by atoms with van der Waals surface area (Å²) in [6.07, 6.45) is 0. The zero-order valence-corrected chi connectivity index (χ0v) is 7.38. The summed E-state index contributed by atoms with van der Waals surface area (Å²) in [6, 6.07) is 0. The molecule has 0 heterocycles. The van der Waals surface area contributed by atoms with Crippen LogP contribution in [-0.4, -0.2) is 7.57 Å². The molecule has 0 aromatic heterocycles. The maximum Gasteiger partial charge on any atom is 0.126 e. The van der Waals surface area contributed by atoms with Gasteiger partial charge in [-0.3, -0.25) is 0 Å². The van der Waals surface area contributed by atoms with Gasteiger partial charge in [-0.25, -0.2) is 0 Å². The van der Waals surface area contributed by atoms with Crippen molar-refractivity contribution in [2.75, 3.05) is 0 Å². The van der Waals surface area contributed by atoms with E-state index in [2.05, 4.69) is 9.12 Å². The Bertz CT molecular complexity index is 8.00. The van der Waals surface area contributed by atoms with Crippen molar-refractivity contribution < 1.29 is 37.6 Å². The van der Waals surface area contributed by atoms with E-state index in [-0.39, 0.29) is 37.6 Å². The second-order valence-electron chi connectivity index (χ2n) is 0. The molecule has 0 N–H and O–H groups in total. The molecule has 28 valence electrons. The Morgan fingerprint density at radius 1 is 1.25 bits per heavy atom. The molecule has 0 aromatic carbocycles. The largest absolute Gasteiger partial charge is 0.179 e. The Kier molecular flexibility index (Phi) is 97.4. The Morgan fingerprint density at radius 3 is 1.25 bits per heavy atom. The molecule has 0 bridgehead atoms. The first-order valence-electron chi connectivity index (χ1n) is 0.577.